The van der Waals surface area contributed by atoms with Gasteiger partial charge in [0.15, 0.2) is 0 Å². The molecule has 112 valence electrons. The van der Waals surface area contributed by atoms with Crippen LogP contribution >= 0.6 is 0 Å². The summed E-state index contributed by atoms with van der Waals surface area (Å²) in [6.07, 6.45) is 6.19. The summed E-state index contributed by atoms with van der Waals surface area (Å²) in [5.41, 5.74) is 3.55. The lowest BCUT2D eigenvalue weighted by atomic mass is 9.97. The van der Waals surface area contributed by atoms with Crippen LogP contribution < -0.4 is 0 Å². The lowest BCUT2D eigenvalue weighted by molar-refractivity contribution is 0.197. The Morgan fingerprint density at radius 2 is 2.00 bits per heavy atom. The van der Waals surface area contributed by atoms with E-state index in [9.17, 15) is 0 Å². The van der Waals surface area contributed by atoms with Crippen molar-refractivity contribution in [2.24, 2.45) is 0 Å². The van der Waals surface area contributed by atoms with E-state index in [-0.39, 0.29) is 0 Å². The molecule has 4 rings (SSSR count). The summed E-state index contributed by atoms with van der Waals surface area (Å²) in [7, 11) is 0. The van der Waals surface area contributed by atoms with Gasteiger partial charge < -0.3 is 4.98 Å². The van der Waals surface area contributed by atoms with E-state index in [2.05, 4.69) is 45.2 Å². The molecule has 3 heterocycles. The number of piperidine rings is 1. The molecule has 0 spiro atoms. The van der Waals surface area contributed by atoms with Crippen molar-refractivity contribution in [3.05, 3.63) is 60.2 Å². The first-order valence-electron chi connectivity index (χ1n) is 7.94. The van der Waals surface area contributed by atoms with E-state index in [1.165, 1.54) is 24.9 Å². The van der Waals surface area contributed by atoms with Crippen molar-refractivity contribution in [1.82, 2.24) is 19.9 Å². The summed E-state index contributed by atoms with van der Waals surface area (Å²) in [6.45, 7) is 3.24. The highest BCUT2D eigenvalue weighted by atomic mass is 15.1. The Hall–Kier alpha value is -2.20. The van der Waals surface area contributed by atoms with E-state index in [0.29, 0.717) is 5.92 Å². The minimum atomic E-state index is 0.503. The molecule has 0 aliphatic carbocycles. The summed E-state index contributed by atoms with van der Waals surface area (Å²) in [4.78, 5) is 14.9. The van der Waals surface area contributed by atoms with Crippen molar-refractivity contribution in [2.75, 3.05) is 13.1 Å². The topological polar surface area (TPSA) is 44.8 Å². The van der Waals surface area contributed by atoms with Crippen LogP contribution in [0, 0.1) is 0 Å². The molecule has 4 nitrogen and oxygen atoms in total. The number of aromatic nitrogens is 3. The van der Waals surface area contributed by atoms with E-state index in [0.717, 1.165) is 29.9 Å². The zero-order valence-electron chi connectivity index (χ0n) is 12.6. The Morgan fingerprint density at radius 3 is 2.86 bits per heavy atom. The number of hydrogen-bond acceptors (Lipinski definition) is 3. The smallest absolute Gasteiger partial charge is 0.111 e. The molecule has 4 heteroatoms. The molecule has 0 saturated carbocycles. The quantitative estimate of drug-likeness (QED) is 0.805. The molecule has 0 unspecified atom stereocenters. The second-order valence-corrected chi connectivity index (χ2v) is 6.07. The average Bonchev–Trinajstić information content (AvgIpc) is 3.00. The third-order valence-corrected chi connectivity index (χ3v) is 4.46. The first-order chi connectivity index (χ1) is 10.9. The summed E-state index contributed by atoms with van der Waals surface area (Å²) in [5, 5.41) is 0. The summed E-state index contributed by atoms with van der Waals surface area (Å²) in [5.74, 6) is 1.64. The molecule has 1 aliphatic heterocycles. The molecule has 2 aromatic heterocycles. The van der Waals surface area contributed by atoms with Gasteiger partial charge in [0.25, 0.3) is 0 Å². The fraction of sp³-hybridized carbons (Fsp3) is 0.333. The van der Waals surface area contributed by atoms with Gasteiger partial charge in [-0.15, -0.1) is 0 Å². The van der Waals surface area contributed by atoms with Gasteiger partial charge in [0.1, 0.15) is 5.82 Å². The van der Waals surface area contributed by atoms with Crippen LogP contribution in [0.3, 0.4) is 0 Å². The van der Waals surface area contributed by atoms with Gasteiger partial charge in [0.05, 0.1) is 11.0 Å². The van der Waals surface area contributed by atoms with Crippen LogP contribution in [0.25, 0.3) is 11.0 Å². The molecule has 3 aromatic rings. The number of para-hydroxylation sites is 2. The molecule has 1 aliphatic rings. The molecule has 1 fully saturated rings. The number of pyridine rings is 1. The second kappa shape index (κ2) is 5.89. The molecule has 1 aromatic carbocycles. The number of hydrogen-bond donors (Lipinski definition) is 1. The Labute approximate surface area is 130 Å². The van der Waals surface area contributed by atoms with Crippen LogP contribution in [0.15, 0.2) is 48.8 Å². The molecular formula is C18H20N4. The molecule has 1 atom stereocenters. The molecule has 0 bridgehead atoms. The van der Waals surface area contributed by atoms with Gasteiger partial charge in [0.2, 0.25) is 0 Å². The zero-order chi connectivity index (χ0) is 14.8. The van der Waals surface area contributed by atoms with Crippen LogP contribution in [0.5, 0.6) is 0 Å². The van der Waals surface area contributed by atoms with Crippen LogP contribution in [0.1, 0.15) is 30.1 Å². The van der Waals surface area contributed by atoms with E-state index in [1.807, 2.05) is 18.5 Å². The number of nitrogens with zero attached hydrogens (tertiary/aromatic N) is 3. The maximum atomic E-state index is 4.79. The summed E-state index contributed by atoms with van der Waals surface area (Å²) >= 11 is 0. The fourth-order valence-corrected chi connectivity index (χ4v) is 3.33. The normalized spacial score (nSPS) is 19.5. The van der Waals surface area contributed by atoms with Crippen LogP contribution in [-0.2, 0) is 6.54 Å². The standard InChI is InChI=1S/C18H20N4/c1-2-6-17-16(5-1)20-18(21-17)15-4-3-11-22(13-15)12-14-7-9-19-10-8-14/h1-2,5-10,15H,3-4,11-13H2,(H,20,21)/t15-/m1/s1. The average molecular weight is 292 g/mol. The maximum Gasteiger partial charge on any atom is 0.111 e. The summed E-state index contributed by atoms with van der Waals surface area (Å²) in [6, 6.07) is 12.5. The SMILES string of the molecule is c1ccc2[nH]c([C@@H]3CCCN(Cc4ccncc4)C3)nc2c1. The first-order valence-corrected chi connectivity index (χ1v) is 7.94. The third kappa shape index (κ3) is 2.74. The van der Waals surface area contributed by atoms with Crippen molar-refractivity contribution in [2.45, 2.75) is 25.3 Å². The third-order valence-electron chi connectivity index (χ3n) is 4.46. The molecule has 0 amide bonds. The molecule has 22 heavy (non-hydrogen) atoms. The van der Waals surface area contributed by atoms with Gasteiger partial charge in [-0.25, -0.2) is 4.98 Å². The van der Waals surface area contributed by atoms with Gasteiger partial charge in [-0.3, -0.25) is 9.88 Å². The monoisotopic (exact) mass is 292 g/mol. The van der Waals surface area contributed by atoms with E-state index >= 15 is 0 Å². The number of H-pyrrole nitrogens is 1. The minimum absolute atomic E-state index is 0.503. The van der Waals surface area contributed by atoms with Crippen molar-refractivity contribution in [3.8, 4) is 0 Å². The van der Waals surface area contributed by atoms with Crippen molar-refractivity contribution >= 4 is 11.0 Å². The largest absolute Gasteiger partial charge is 0.342 e. The van der Waals surface area contributed by atoms with Gasteiger partial charge in [-0.05, 0) is 49.2 Å². The first kappa shape index (κ1) is 13.5. The highest BCUT2D eigenvalue weighted by molar-refractivity contribution is 5.74. The van der Waals surface area contributed by atoms with E-state index in [1.54, 1.807) is 0 Å². The highest BCUT2D eigenvalue weighted by Gasteiger charge is 2.23. The second-order valence-electron chi connectivity index (χ2n) is 6.07. The van der Waals surface area contributed by atoms with Crippen LogP contribution in [-0.4, -0.2) is 32.9 Å². The zero-order valence-corrected chi connectivity index (χ0v) is 12.6. The number of nitrogens with one attached hydrogen (secondary N) is 1. The Bertz CT molecular complexity index is 717. The predicted molar refractivity (Wildman–Crippen MR) is 87.6 cm³/mol. The molecule has 0 radical (unpaired) electrons. The highest BCUT2D eigenvalue weighted by Crippen LogP contribution is 2.27. The van der Waals surface area contributed by atoms with Crippen molar-refractivity contribution in [1.29, 1.82) is 0 Å². The number of imidazole rings is 1. The van der Waals surface area contributed by atoms with Gasteiger partial charge in [0, 0.05) is 31.4 Å². The number of rotatable bonds is 3. The lowest BCUT2D eigenvalue weighted by Gasteiger charge is -2.31. The molecule has 1 N–H and O–H groups in total. The predicted octanol–water partition coefficient (Wildman–Crippen LogP) is 3.34. The van der Waals surface area contributed by atoms with E-state index < -0.39 is 0 Å². The minimum Gasteiger partial charge on any atom is -0.342 e. The number of likely N-dealkylation sites (tertiary alicyclic amines) is 1. The Morgan fingerprint density at radius 1 is 1.14 bits per heavy atom. The Kier molecular flexibility index (Phi) is 3.60. The van der Waals surface area contributed by atoms with Gasteiger partial charge in [-0.1, -0.05) is 12.1 Å². The van der Waals surface area contributed by atoms with Crippen LogP contribution in [0.2, 0.25) is 0 Å². The van der Waals surface area contributed by atoms with Crippen LogP contribution in [0.4, 0.5) is 0 Å². The van der Waals surface area contributed by atoms with Gasteiger partial charge in [-0.2, -0.15) is 0 Å². The number of fused-ring (bicyclic) bond motifs is 1. The maximum absolute atomic E-state index is 4.79. The molecule has 1 saturated heterocycles. The fourth-order valence-electron chi connectivity index (χ4n) is 3.33. The van der Waals surface area contributed by atoms with Gasteiger partial charge >= 0.3 is 0 Å². The number of benzene rings is 1. The number of aromatic amines is 1. The molecular weight excluding hydrogens is 272 g/mol. The lowest BCUT2D eigenvalue weighted by Crippen LogP contribution is -2.34. The van der Waals surface area contributed by atoms with Crippen molar-refractivity contribution < 1.29 is 0 Å². The Balaban J connectivity index is 1.50. The summed E-state index contributed by atoms with van der Waals surface area (Å²) < 4.78 is 0. The van der Waals surface area contributed by atoms with E-state index in [4.69, 9.17) is 4.98 Å². The van der Waals surface area contributed by atoms with Crippen molar-refractivity contribution in [3.63, 3.8) is 0 Å².